The van der Waals surface area contributed by atoms with Crippen LogP contribution in [0.5, 0.6) is 0 Å². The number of hydrogen-bond acceptors (Lipinski definition) is 5. The Balaban J connectivity index is 1.67. The number of carboxylic acid groups (broad SMARTS) is 2. The van der Waals surface area contributed by atoms with E-state index in [1.165, 1.54) is 18.2 Å². The van der Waals surface area contributed by atoms with Gasteiger partial charge < -0.3 is 10.2 Å². The quantitative estimate of drug-likeness (QED) is 0.563. The van der Waals surface area contributed by atoms with Crippen LogP contribution >= 0.6 is 11.3 Å². The van der Waals surface area contributed by atoms with Crippen molar-refractivity contribution in [1.82, 2.24) is 4.31 Å². The fraction of sp³-hybridized carbons (Fsp3) is 0.182. The first-order chi connectivity index (χ1) is 14.6. The van der Waals surface area contributed by atoms with Gasteiger partial charge in [-0.15, -0.1) is 11.3 Å². The predicted octanol–water partition coefficient (Wildman–Crippen LogP) is 4.51. The van der Waals surface area contributed by atoms with Gasteiger partial charge in [-0.05, 0) is 41.8 Å². The number of thiophene rings is 1. The van der Waals surface area contributed by atoms with Gasteiger partial charge in [0.2, 0.25) is 0 Å². The molecule has 1 fully saturated rings. The summed E-state index contributed by atoms with van der Waals surface area (Å²) in [5, 5.41) is 18.9. The largest absolute Gasteiger partial charge is 0.478 e. The number of rotatable bonds is 6. The molecule has 2 N–H and O–H groups in total. The zero-order chi connectivity index (χ0) is 22.4. The summed E-state index contributed by atoms with van der Waals surface area (Å²) in [4.78, 5) is 23.7. The van der Waals surface area contributed by atoms with Gasteiger partial charge in [-0.2, -0.15) is 12.7 Å². The molecule has 0 bridgehead atoms. The molecule has 1 aromatic heterocycles. The topological polar surface area (TPSA) is 112 Å². The van der Waals surface area contributed by atoms with Crippen molar-refractivity contribution in [2.75, 3.05) is 0 Å². The number of carbonyl (C=O) groups is 2. The molecule has 1 amide bonds. The summed E-state index contributed by atoms with van der Waals surface area (Å²) < 4.78 is 27.0. The van der Waals surface area contributed by atoms with Crippen molar-refractivity contribution in [3.05, 3.63) is 77.9 Å². The minimum atomic E-state index is -4.29. The molecule has 0 saturated heterocycles. The Hall–Kier alpha value is -3.17. The van der Waals surface area contributed by atoms with Crippen LogP contribution in [-0.2, 0) is 15.4 Å². The fourth-order valence-corrected chi connectivity index (χ4v) is 6.68. The van der Waals surface area contributed by atoms with Crippen molar-refractivity contribution in [3.63, 3.8) is 0 Å². The average Bonchev–Trinajstić information content (AvgIpc) is 3.16. The van der Waals surface area contributed by atoms with E-state index < -0.39 is 33.5 Å². The molecule has 31 heavy (non-hydrogen) atoms. The van der Waals surface area contributed by atoms with Gasteiger partial charge in [-0.3, -0.25) is 0 Å². The highest BCUT2D eigenvalue weighted by Crippen LogP contribution is 2.52. The first-order valence-corrected chi connectivity index (χ1v) is 11.7. The van der Waals surface area contributed by atoms with Crippen molar-refractivity contribution < 1.29 is 28.2 Å². The molecule has 2 unspecified atom stereocenters. The van der Waals surface area contributed by atoms with Gasteiger partial charge >= 0.3 is 12.1 Å². The van der Waals surface area contributed by atoms with Gasteiger partial charge in [0, 0.05) is 10.3 Å². The molecule has 1 aliphatic rings. The van der Waals surface area contributed by atoms with Gasteiger partial charge in [0.05, 0.1) is 11.6 Å². The minimum Gasteiger partial charge on any atom is -0.478 e. The van der Waals surface area contributed by atoms with Crippen LogP contribution in [0.3, 0.4) is 0 Å². The molecule has 7 nitrogen and oxygen atoms in total. The minimum absolute atomic E-state index is 0.0825. The summed E-state index contributed by atoms with van der Waals surface area (Å²) in [5.74, 6) is -1.09. The van der Waals surface area contributed by atoms with E-state index in [0.29, 0.717) is 21.2 Å². The summed E-state index contributed by atoms with van der Waals surface area (Å²) in [6.45, 7) is 1.86. The third kappa shape index (κ3) is 3.70. The summed E-state index contributed by atoms with van der Waals surface area (Å²) >= 11 is 0.914. The molecule has 0 spiro atoms. The second kappa shape index (κ2) is 7.51. The lowest BCUT2D eigenvalue weighted by molar-refractivity contribution is 0.0696. The first-order valence-electron chi connectivity index (χ1n) is 9.41. The van der Waals surface area contributed by atoms with E-state index in [1.54, 1.807) is 18.2 Å². The van der Waals surface area contributed by atoms with Crippen molar-refractivity contribution in [1.29, 1.82) is 0 Å². The zero-order valence-electron chi connectivity index (χ0n) is 16.4. The lowest BCUT2D eigenvalue weighted by atomic mass is 9.98. The van der Waals surface area contributed by atoms with Gasteiger partial charge in [0.15, 0.2) is 0 Å². The Morgan fingerprint density at radius 2 is 1.74 bits per heavy atom. The molecule has 1 heterocycles. The van der Waals surface area contributed by atoms with Crippen molar-refractivity contribution in [3.8, 4) is 10.4 Å². The van der Waals surface area contributed by atoms with Crippen LogP contribution in [0.15, 0.2) is 70.9 Å². The lowest BCUT2D eigenvalue weighted by Crippen LogP contribution is -2.40. The number of aromatic carboxylic acids is 1. The van der Waals surface area contributed by atoms with E-state index >= 15 is 0 Å². The number of hydrogen-bond donors (Lipinski definition) is 2. The number of sulfonamides is 1. The molecular weight excluding hydrogens is 438 g/mol. The van der Waals surface area contributed by atoms with Crippen molar-refractivity contribution in [2.24, 2.45) is 0 Å². The van der Waals surface area contributed by atoms with Crippen LogP contribution in [0, 0.1) is 0 Å². The number of amides is 1. The number of benzene rings is 2. The van der Waals surface area contributed by atoms with Crippen LogP contribution in [-0.4, -0.2) is 41.0 Å². The molecule has 160 valence electrons. The van der Waals surface area contributed by atoms with Gasteiger partial charge in [-0.25, -0.2) is 9.59 Å². The van der Waals surface area contributed by atoms with Gasteiger partial charge in [0.25, 0.3) is 10.0 Å². The standard InChI is InChI=1S/C22H19NO6S2/c1-22(16-8-3-2-4-9-16)13-18(22)23(21(26)27)31(28,29)19-11-10-17(30-19)14-6-5-7-15(12-14)20(24)25/h2-12,18H,13H2,1H3,(H,24,25)(H,26,27). The SMILES string of the molecule is CC1(c2ccccc2)CC1N(C(=O)O)S(=O)(=O)c1ccc(-c2cccc(C(=O)O)c2)s1. The Bertz CT molecular complexity index is 1270. The van der Waals surface area contributed by atoms with E-state index in [9.17, 15) is 28.2 Å². The van der Waals surface area contributed by atoms with E-state index in [0.717, 1.165) is 16.9 Å². The third-order valence-corrected chi connectivity index (χ3v) is 8.97. The fourth-order valence-electron chi connectivity index (χ4n) is 3.73. The summed E-state index contributed by atoms with van der Waals surface area (Å²) in [6, 6.07) is 17.6. The van der Waals surface area contributed by atoms with E-state index in [-0.39, 0.29) is 9.77 Å². The van der Waals surface area contributed by atoms with Gasteiger partial charge in [-0.1, -0.05) is 49.4 Å². The average molecular weight is 458 g/mol. The van der Waals surface area contributed by atoms with E-state index in [4.69, 9.17) is 0 Å². The zero-order valence-corrected chi connectivity index (χ0v) is 18.1. The van der Waals surface area contributed by atoms with Crippen LogP contribution in [0.2, 0.25) is 0 Å². The summed E-state index contributed by atoms with van der Waals surface area (Å²) in [7, 11) is -4.29. The van der Waals surface area contributed by atoms with Crippen LogP contribution in [0.4, 0.5) is 4.79 Å². The Morgan fingerprint density at radius 1 is 1.03 bits per heavy atom. The molecule has 1 aliphatic carbocycles. The van der Waals surface area contributed by atoms with Crippen molar-refractivity contribution in [2.45, 2.75) is 29.0 Å². The number of carboxylic acids is 1. The first kappa shape index (κ1) is 21.1. The Kier molecular flexibility index (Phi) is 5.10. The molecule has 2 atom stereocenters. The molecule has 0 radical (unpaired) electrons. The van der Waals surface area contributed by atoms with Crippen LogP contribution in [0.25, 0.3) is 10.4 Å². The highest BCUT2D eigenvalue weighted by molar-refractivity contribution is 7.91. The Morgan fingerprint density at radius 3 is 2.39 bits per heavy atom. The predicted molar refractivity (Wildman–Crippen MR) is 116 cm³/mol. The second-order valence-corrected chi connectivity index (χ2v) is 10.7. The maximum Gasteiger partial charge on any atom is 0.421 e. The molecule has 1 saturated carbocycles. The molecule has 4 rings (SSSR count). The number of nitrogens with zero attached hydrogens (tertiary/aromatic N) is 1. The van der Waals surface area contributed by atoms with Crippen LogP contribution in [0.1, 0.15) is 29.3 Å². The van der Waals surface area contributed by atoms with Crippen LogP contribution < -0.4 is 0 Å². The molecule has 2 aromatic carbocycles. The molecular formula is C22H19NO6S2. The highest BCUT2D eigenvalue weighted by Gasteiger charge is 2.59. The maximum atomic E-state index is 13.3. The molecule has 9 heteroatoms. The summed E-state index contributed by atoms with van der Waals surface area (Å²) in [5.41, 5.74) is 0.939. The van der Waals surface area contributed by atoms with E-state index in [1.807, 2.05) is 37.3 Å². The monoisotopic (exact) mass is 457 g/mol. The smallest absolute Gasteiger partial charge is 0.421 e. The van der Waals surface area contributed by atoms with E-state index in [2.05, 4.69) is 0 Å². The highest BCUT2D eigenvalue weighted by atomic mass is 32.2. The second-order valence-electron chi connectivity index (χ2n) is 7.59. The molecule has 0 aliphatic heterocycles. The van der Waals surface area contributed by atoms with Gasteiger partial charge in [0.1, 0.15) is 4.21 Å². The molecule has 3 aromatic rings. The lowest BCUT2D eigenvalue weighted by Gasteiger charge is -2.22. The maximum absolute atomic E-state index is 13.3. The normalized spacial score (nSPS) is 20.2. The summed E-state index contributed by atoms with van der Waals surface area (Å²) in [6.07, 6.45) is -1.12. The third-order valence-electron chi connectivity index (χ3n) is 5.59. The Labute approximate surface area is 183 Å². The van der Waals surface area contributed by atoms with Crippen molar-refractivity contribution >= 4 is 33.4 Å².